The van der Waals surface area contributed by atoms with Crippen LogP contribution in [0.1, 0.15) is 48.9 Å². The van der Waals surface area contributed by atoms with E-state index in [4.69, 9.17) is 9.72 Å². The number of rotatable bonds is 3. The number of morpholine rings is 1. The third-order valence-electron chi connectivity index (χ3n) is 5.45. The van der Waals surface area contributed by atoms with Gasteiger partial charge < -0.3 is 15.0 Å². The maximum absolute atomic E-state index is 13.1. The molecule has 0 spiro atoms. The number of carbonyl (C=O) groups is 1. The predicted octanol–water partition coefficient (Wildman–Crippen LogP) is 3.84. The second-order valence-corrected chi connectivity index (χ2v) is 7.31. The van der Waals surface area contributed by atoms with Gasteiger partial charge in [0.1, 0.15) is 5.82 Å². The minimum atomic E-state index is 0.0795. The van der Waals surface area contributed by atoms with Gasteiger partial charge in [-0.2, -0.15) is 0 Å². The molecule has 0 atom stereocenters. The quantitative estimate of drug-likeness (QED) is 0.852. The Balaban J connectivity index is 1.65. The van der Waals surface area contributed by atoms with E-state index in [1.165, 1.54) is 38.5 Å². The van der Waals surface area contributed by atoms with E-state index in [1.807, 2.05) is 35.2 Å². The number of amides is 1. The first kappa shape index (κ1) is 17.3. The largest absolute Gasteiger partial charge is 0.378 e. The van der Waals surface area contributed by atoms with Gasteiger partial charge in [-0.3, -0.25) is 4.79 Å². The second kappa shape index (κ2) is 8.04. The number of ether oxygens (including phenoxy) is 1. The summed E-state index contributed by atoms with van der Waals surface area (Å²) in [5.74, 6) is 0.906. The summed E-state index contributed by atoms with van der Waals surface area (Å²) >= 11 is 0. The average Bonchev–Trinajstić information content (AvgIpc) is 2.96. The fourth-order valence-corrected chi connectivity index (χ4v) is 4.00. The van der Waals surface area contributed by atoms with Gasteiger partial charge in [0.2, 0.25) is 0 Å². The number of nitrogens with zero attached hydrogens (tertiary/aromatic N) is 2. The average molecular weight is 353 g/mol. The lowest BCUT2D eigenvalue weighted by molar-refractivity contribution is 0.0304. The zero-order valence-corrected chi connectivity index (χ0v) is 15.2. The summed E-state index contributed by atoms with van der Waals surface area (Å²) in [6.07, 6.45) is 7.55. The molecule has 0 radical (unpaired) electrons. The molecule has 2 aliphatic rings. The van der Waals surface area contributed by atoms with Crippen LogP contribution in [0.4, 0.5) is 5.82 Å². The van der Waals surface area contributed by atoms with Crippen LogP contribution in [0.25, 0.3) is 10.9 Å². The number of anilines is 1. The number of pyridine rings is 1. The predicted molar refractivity (Wildman–Crippen MR) is 104 cm³/mol. The van der Waals surface area contributed by atoms with E-state index in [2.05, 4.69) is 5.32 Å². The molecule has 2 aromatic rings. The van der Waals surface area contributed by atoms with E-state index < -0.39 is 0 Å². The molecule has 1 aromatic heterocycles. The molecule has 1 aliphatic carbocycles. The molecular formula is C21H27N3O2. The van der Waals surface area contributed by atoms with Gasteiger partial charge in [-0.05, 0) is 25.0 Å². The summed E-state index contributed by atoms with van der Waals surface area (Å²) in [6, 6.07) is 10.3. The molecule has 1 saturated heterocycles. The Morgan fingerprint density at radius 1 is 1.08 bits per heavy atom. The first-order valence-corrected chi connectivity index (χ1v) is 9.84. The summed E-state index contributed by atoms with van der Waals surface area (Å²) < 4.78 is 5.39. The molecule has 5 nitrogen and oxygen atoms in total. The van der Waals surface area contributed by atoms with Crippen molar-refractivity contribution in [2.24, 2.45) is 0 Å². The van der Waals surface area contributed by atoms with Crippen LogP contribution in [0.15, 0.2) is 30.3 Å². The molecule has 26 heavy (non-hydrogen) atoms. The Labute approximate surface area is 154 Å². The molecule has 1 N–H and O–H groups in total. The van der Waals surface area contributed by atoms with Crippen LogP contribution >= 0.6 is 0 Å². The second-order valence-electron chi connectivity index (χ2n) is 7.31. The highest BCUT2D eigenvalue weighted by molar-refractivity contribution is 6.07. The SMILES string of the molecule is O=C(c1cc(NC2CCCCCC2)nc2ccccc12)N1CCOCC1. The maximum atomic E-state index is 13.1. The molecule has 4 rings (SSSR count). The zero-order chi connectivity index (χ0) is 17.8. The van der Waals surface area contributed by atoms with Crippen molar-refractivity contribution in [3.63, 3.8) is 0 Å². The number of aromatic nitrogens is 1. The van der Waals surface area contributed by atoms with Crippen molar-refractivity contribution in [3.05, 3.63) is 35.9 Å². The summed E-state index contributed by atoms with van der Waals surface area (Å²) in [6.45, 7) is 2.53. The number of benzene rings is 1. The standard InChI is InChI=1S/C21H27N3O2/c25-21(24-11-13-26-14-12-24)18-15-20(22-16-7-3-1-2-4-8-16)23-19-10-6-5-9-17(18)19/h5-6,9-10,15-16H,1-4,7-8,11-14H2,(H,22,23). The van der Waals surface area contributed by atoms with E-state index in [1.54, 1.807) is 0 Å². The molecule has 5 heteroatoms. The molecule has 1 aromatic carbocycles. The normalized spacial score (nSPS) is 19.3. The lowest BCUT2D eigenvalue weighted by atomic mass is 10.1. The van der Waals surface area contributed by atoms with Crippen molar-refractivity contribution in [1.82, 2.24) is 9.88 Å². The molecule has 0 bridgehead atoms. The van der Waals surface area contributed by atoms with E-state index in [9.17, 15) is 4.79 Å². The first-order chi connectivity index (χ1) is 12.8. The lowest BCUT2D eigenvalue weighted by Crippen LogP contribution is -2.40. The summed E-state index contributed by atoms with van der Waals surface area (Å²) in [7, 11) is 0. The van der Waals surface area contributed by atoms with Crippen molar-refractivity contribution < 1.29 is 9.53 Å². The van der Waals surface area contributed by atoms with Crippen LogP contribution in [0.2, 0.25) is 0 Å². The van der Waals surface area contributed by atoms with Gasteiger partial charge in [0, 0.05) is 24.5 Å². The van der Waals surface area contributed by atoms with Crippen molar-refractivity contribution in [1.29, 1.82) is 0 Å². The summed E-state index contributed by atoms with van der Waals surface area (Å²) in [4.78, 5) is 19.8. The summed E-state index contributed by atoms with van der Waals surface area (Å²) in [5.41, 5.74) is 1.62. The molecule has 1 saturated carbocycles. The van der Waals surface area contributed by atoms with Gasteiger partial charge in [-0.1, -0.05) is 43.9 Å². The van der Waals surface area contributed by atoms with Crippen molar-refractivity contribution in [3.8, 4) is 0 Å². The van der Waals surface area contributed by atoms with Crippen LogP contribution in [-0.2, 0) is 4.74 Å². The molecule has 1 aliphatic heterocycles. The fraction of sp³-hybridized carbons (Fsp3) is 0.524. The minimum Gasteiger partial charge on any atom is -0.378 e. The Bertz CT molecular complexity index is 763. The number of carbonyl (C=O) groups excluding carboxylic acids is 1. The van der Waals surface area contributed by atoms with E-state index in [-0.39, 0.29) is 5.91 Å². The maximum Gasteiger partial charge on any atom is 0.254 e. The van der Waals surface area contributed by atoms with Gasteiger partial charge in [0.25, 0.3) is 5.91 Å². The first-order valence-electron chi connectivity index (χ1n) is 9.84. The topological polar surface area (TPSA) is 54.5 Å². The monoisotopic (exact) mass is 353 g/mol. The van der Waals surface area contributed by atoms with Gasteiger partial charge in [-0.25, -0.2) is 4.98 Å². The molecule has 2 heterocycles. The Hall–Kier alpha value is -2.14. The van der Waals surface area contributed by atoms with Gasteiger partial charge in [0.05, 0.1) is 24.3 Å². The minimum absolute atomic E-state index is 0.0795. The Morgan fingerprint density at radius 2 is 1.81 bits per heavy atom. The zero-order valence-electron chi connectivity index (χ0n) is 15.2. The van der Waals surface area contributed by atoms with Crippen molar-refractivity contribution >= 4 is 22.6 Å². The van der Waals surface area contributed by atoms with E-state index in [0.717, 1.165) is 22.3 Å². The summed E-state index contributed by atoms with van der Waals surface area (Å²) in [5, 5.41) is 4.53. The Morgan fingerprint density at radius 3 is 2.58 bits per heavy atom. The Kier molecular flexibility index (Phi) is 5.34. The van der Waals surface area contributed by atoms with Crippen LogP contribution in [0.5, 0.6) is 0 Å². The van der Waals surface area contributed by atoms with E-state index >= 15 is 0 Å². The number of para-hydroxylation sites is 1. The highest BCUT2D eigenvalue weighted by atomic mass is 16.5. The molecule has 1 amide bonds. The smallest absolute Gasteiger partial charge is 0.254 e. The number of nitrogens with one attached hydrogen (secondary N) is 1. The van der Waals surface area contributed by atoms with Crippen LogP contribution in [0, 0.1) is 0 Å². The van der Waals surface area contributed by atoms with Crippen molar-refractivity contribution in [2.75, 3.05) is 31.6 Å². The molecule has 2 fully saturated rings. The van der Waals surface area contributed by atoms with Crippen LogP contribution in [0.3, 0.4) is 0 Å². The number of fused-ring (bicyclic) bond motifs is 1. The van der Waals surface area contributed by atoms with Crippen molar-refractivity contribution in [2.45, 2.75) is 44.6 Å². The van der Waals surface area contributed by atoms with Crippen LogP contribution in [-0.4, -0.2) is 48.1 Å². The molecule has 138 valence electrons. The lowest BCUT2D eigenvalue weighted by Gasteiger charge is -2.27. The van der Waals surface area contributed by atoms with Gasteiger partial charge >= 0.3 is 0 Å². The molecule has 0 unspecified atom stereocenters. The van der Waals surface area contributed by atoms with E-state index in [0.29, 0.717) is 32.3 Å². The van der Waals surface area contributed by atoms with Gasteiger partial charge in [0.15, 0.2) is 0 Å². The fourth-order valence-electron chi connectivity index (χ4n) is 4.00. The number of hydrogen-bond donors (Lipinski definition) is 1. The highest BCUT2D eigenvalue weighted by Gasteiger charge is 2.22. The van der Waals surface area contributed by atoms with Gasteiger partial charge in [-0.15, -0.1) is 0 Å². The van der Waals surface area contributed by atoms with Crippen LogP contribution < -0.4 is 5.32 Å². The number of hydrogen-bond acceptors (Lipinski definition) is 4. The highest BCUT2D eigenvalue weighted by Crippen LogP contribution is 2.25. The molecular weight excluding hydrogens is 326 g/mol. The third-order valence-corrected chi connectivity index (χ3v) is 5.45. The third kappa shape index (κ3) is 3.83.